The Hall–Kier alpha value is -2.37. The van der Waals surface area contributed by atoms with E-state index in [1.165, 1.54) is 5.56 Å². The molecule has 1 aliphatic rings. The van der Waals surface area contributed by atoms with Crippen LogP contribution in [0, 0.1) is 0 Å². The van der Waals surface area contributed by atoms with Gasteiger partial charge in [0.15, 0.2) is 0 Å². The number of ether oxygens (including phenoxy) is 1. The third-order valence-corrected chi connectivity index (χ3v) is 4.94. The quantitative estimate of drug-likeness (QED) is 0.791. The molecule has 0 aliphatic carbocycles. The highest BCUT2D eigenvalue weighted by atomic mass is 16.5. The lowest BCUT2D eigenvalue weighted by Gasteiger charge is -2.28. The van der Waals surface area contributed by atoms with E-state index >= 15 is 0 Å². The number of benzene rings is 2. The summed E-state index contributed by atoms with van der Waals surface area (Å²) in [6.45, 7) is 2.81. The van der Waals surface area contributed by atoms with E-state index in [1.54, 1.807) is 7.11 Å². The predicted octanol–water partition coefficient (Wildman–Crippen LogP) is 2.30. The molecule has 2 aromatic carbocycles. The Bertz CT molecular complexity index is 720. The van der Waals surface area contributed by atoms with Crippen molar-refractivity contribution in [2.75, 3.05) is 38.2 Å². The van der Waals surface area contributed by atoms with Gasteiger partial charge in [0.1, 0.15) is 5.75 Å². The third-order valence-electron chi connectivity index (χ3n) is 4.94. The zero-order valence-corrected chi connectivity index (χ0v) is 15.3. The van der Waals surface area contributed by atoms with Crippen LogP contribution in [0.15, 0.2) is 54.6 Å². The molecule has 1 amide bonds. The highest BCUT2D eigenvalue weighted by Crippen LogP contribution is 2.32. The summed E-state index contributed by atoms with van der Waals surface area (Å²) in [4.78, 5) is 17.2. The molecule has 1 aliphatic heterocycles. The molecule has 5 heteroatoms. The van der Waals surface area contributed by atoms with Crippen LogP contribution in [0.2, 0.25) is 0 Å². The second-order valence-electron chi connectivity index (χ2n) is 6.53. The van der Waals surface area contributed by atoms with Gasteiger partial charge in [-0.25, -0.2) is 0 Å². The van der Waals surface area contributed by atoms with E-state index in [1.807, 2.05) is 47.4 Å². The number of para-hydroxylation sites is 2. The van der Waals surface area contributed by atoms with Gasteiger partial charge in [-0.15, -0.1) is 0 Å². The van der Waals surface area contributed by atoms with Gasteiger partial charge < -0.3 is 15.4 Å². The number of carbonyl (C=O) groups is 1. The second-order valence-corrected chi connectivity index (χ2v) is 6.53. The Morgan fingerprint density at radius 2 is 1.85 bits per heavy atom. The summed E-state index contributed by atoms with van der Waals surface area (Å²) in [7, 11) is 1.64. The van der Waals surface area contributed by atoms with Crippen molar-refractivity contribution in [3.05, 3.63) is 60.2 Å². The van der Waals surface area contributed by atoms with E-state index in [9.17, 15) is 4.79 Å². The first-order chi connectivity index (χ1) is 12.7. The van der Waals surface area contributed by atoms with Crippen molar-refractivity contribution in [2.24, 2.45) is 5.73 Å². The Morgan fingerprint density at radius 1 is 1.12 bits per heavy atom. The number of rotatable bonds is 8. The summed E-state index contributed by atoms with van der Waals surface area (Å²) < 4.78 is 5.43. The number of carbonyl (C=O) groups excluding carboxylic acids is 1. The number of hydrogen-bond donors (Lipinski definition) is 1. The maximum absolute atomic E-state index is 13.1. The van der Waals surface area contributed by atoms with Crippen molar-refractivity contribution in [2.45, 2.75) is 18.9 Å². The number of hydrogen-bond acceptors (Lipinski definition) is 4. The zero-order chi connectivity index (χ0) is 18.4. The molecule has 1 fully saturated rings. The Labute approximate surface area is 155 Å². The first-order valence-corrected chi connectivity index (χ1v) is 9.17. The SMILES string of the molecule is COc1ccccc1N1CCC(N(CCN)CCc2ccccc2)C1=O. The first kappa shape index (κ1) is 18.4. The van der Waals surface area contributed by atoms with Crippen LogP contribution in [0.5, 0.6) is 5.75 Å². The number of amides is 1. The minimum Gasteiger partial charge on any atom is -0.495 e. The van der Waals surface area contributed by atoms with E-state index in [4.69, 9.17) is 10.5 Å². The first-order valence-electron chi connectivity index (χ1n) is 9.17. The highest BCUT2D eigenvalue weighted by Gasteiger charge is 2.37. The molecule has 5 nitrogen and oxygen atoms in total. The van der Waals surface area contributed by atoms with E-state index in [-0.39, 0.29) is 11.9 Å². The van der Waals surface area contributed by atoms with Gasteiger partial charge in [0, 0.05) is 26.2 Å². The second kappa shape index (κ2) is 8.83. The molecular formula is C21H27N3O2. The van der Waals surface area contributed by atoms with Crippen LogP contribution in [0.1, 0.15) is 12.0 Å². The predicted molar refractivity (Wildman–Crippen MR) is 105 cm³/mol. The number of anilines is 1. The Balaban J connectivity index is 1.71. The molecule has 0 bridgehead atoms. The minimum atomic E-state index is -0.118. The van der Waals surface area contributed by atoms with Crippen LogP contribution in [0.25, 0.3) is 0 Å². The van der Waals surface area contributed by atoms with Gasteiger partial charge in [-0.2, -0.15) is 0 Å². The lowest BCUT2D eigenvalue weighted by atomic mass is 10.1. The number of nitrogens with two attached hydrogens (primary N) is 1. The molecule has 0 spiro atoms. The topological polar surface area (TPSA) is 58.8 Å². The van der Waals surface area contributed by atoms with E-state index < -0.39 is 0 Å². The molecule has 138 valence electrons. The maximum Gasteiger partial charge on any atom is 0.244 e. The van der Waals surface area contributed by atoms with Crippen LogP contribution in [0.3, 0.4) is 0 Å². The number of methoxy groups -OCH3 is 1. The summed E-state index contributed by atoms with van der Waals surface area (Å²) in [5, 5.41) is 0. The van der Waals surface area contributed by atoms with Gasteiger partial charge in [0.25, 0.3) is 0 Å². The van der Waals surface area contributed by atoms with Crippen LogP contribution in [0.4, 0.5) is 5.69 Å². The third kappa shape index (κ3) is 4.06. The Morgan fingerprint density at radius 3 is 2.58 bits per heavy atom. The fraction of sp³-hybridized carbons (Fsp3) is 0.381. The summed E-state index contributed by atoms with van der Waals surface area (Å²) >= 11 is 0. The zero-order valence-electron chi connectivity index (χ0n) is 15.3. The molecular weight excluding hydrogens is 326 g/mol. The summed E-state index contributed by atoms with van der Waals surface area (Å²) in [6.07, 6.45) is 1.73. The van der Waals surface area contributed by atoms with Gasteiger partial charge in [0.05, 0.1) is 18.8 Å². The molecule has 3 rings (SSSR count). The lowest BCUT2D eigenvalue weighted by Crippen LogP contribution is -2.45. The molecule has 0 radical (unpaired) electrons. The van der Waals surface area contributed by atoms with Crippen molar-refractivity contribution in [3.8, 4) is 5.75 Å². The Kier molecular flexibility index (Phi) is 6.26. The van der Waals surface area contributed by atoms with Gasteiger partial charge in [-0.1, -0.05) is 42.5 Å². The van der Waals surface area contributed by atoms with Gasteiger partial charge in [0.2, 0.25) is 5.91 Å². The van der Waals surface area contributed by atoms with Crippen molar-refractivity contribution < 1.29 is 9.53 Å². The minimum absolute atomic E-state index is 0.118. The monoisotopic (exact) mass is 353 g/mol. The molecule has 1 atom stereocenters. The van der Waals surface area contributed by atoms with Crippen molar-refractivity contribution in [1.29, 1.82) is 0 Å². The molecule has 0 saturated carbocycles. The fourth-order valence-corrected chi connectivity index (χ4v) is 3.60. The van der Waals surface area contributed by atoms with Gasteiger partial charge >= 0.3 is 0 Å². The summed E-state index contributed by atoms with van der Waals surface area (Å²) in [5.74, 6) is 0.868. The van der Waals surface area contributed by atoms with Crippen LogP contribution >= 0.6 is 0 Å². The molecule has 1 saturated heterocycles. The van der Waals surface area contributed by atoms with Crippen LogP contribution in [-0.4, -0.2) is 50.1 Å². The van der Waals surface area contributed by atoms with Gasteiger partial charge in [-0.3, -0.25) is 9.69 Å². The fourth-order valence-electron chi connectivity index (χ4n) is 3.60. The maximum atomic E-state index is 13.1. The molecule has 2 N–H and O–H groups in total. The van der Waals surface area contributed by atoms with Gasteiger partial charge in [-0.05, 0) is 30.5 Å². The smallest absolute Gasteiger partial charge is 0.244 e. The van der Waals surface area contributed by atoms with Crippen molar-refractivity contribution in [3.63, 3.8) is 0 Å². The van der Waals surface area contributed by atoms with Crippen molar-refractivity contribution >= 4 is 11.6 Å². The average molecular weight is 353 g/mol. The van der Waals surface area contributed by atoms with Crippen LogP contribution < -0.4 is 15.4 Å². The standard InChI is InChI=1S/C21H27N3O2/c1-26-20-10-6-5-9-18(20)24-15-12-19(21(24)25)23(16-13-22)14-11-17-7-3-2-4-8-17/h2-10,19H,11-16,22H2,1H3. The van der Waals surface area contributed by atoms with E-state index in [0.717, 1.165) is 37.4 Å². The van der Waals surface area contributed by atoms with E-state index in [2.05, 4.69) is 17.0 Å². The molecule has 1 unspecified atom stereocenters. The lowest BCUT2D eigenvalue weighted by molar-refractivity contribution is -0.121. The molecule has 2 aromatic rings. The number of nitrogens with zero attached hydrogens (tertiary/aromatic N) is 2. The van der Waals surface area contributed by atoms with Crippen LogP contribution in [-0.2, 0) is 11.2 Å². The summed E-state index contributed by atoms with van der Waals surface area (Å²) in [5.41, 5.74) is 7.94. The molecule has 26 heavy (non-hydrogen) atoms. The molecule has 1 heterocycles. The largest absolute Gasteiger partial charge is 0.495 e. The van der Waals surface area contributed by atoms with E-state index in [0.29, 0.717) is 13.1 Å². The highest BCUT2D eigenvalue weighted by molar-refractivity contribution is 6.00. The average Bonchev–Trinajstić information content (AvgIpc) is 3.07. The summed E-state index contributed by atoms with van der Waals surface area (Å²) in [6, 6.07) is 17.9. The van der Waals surface area contributed by atoms with Crippen molar-refractivity contribution in [1.82, 2.24) is 4.90 Å². The molecule has 0 aromatic heterocycles. The normalized spacial score (nSPS) is 17.1.